The standard InChI is InChI=1S/C8H13NO2/c1-6(2)10-5-8-9-7(3)4-11-8/h4,6H,5H2,1-3H3. The highest BCUT2D eigenvalue weighted by atomic mass is 16.5. The van der Waals surface area contributed by atoms with Crippen molar-refractivity contribution < 1.29 is 9.15 Å². The number of aromatic nitrogens is 1. The van der Waals surface area contributed by atoms with Gasteiger partial charge in [0.25, 0.3) is 0 Å². The van der Waals surface area contributed by atoms with Crippen molar-refractivity contribution in [3.05, 3.63) is 17.8 Å². The summed E-state index contributed by atoms with van der Waals surface area (Å²) in [6.45, 7) is 6.32. The van der Waals surface area contributed by atoms with Gasteiger partial charge in [0, 0.05) is 0 Å². The number of nitrogens with zero attached hydrogens (tertiary/aromatic N) is 1. The minimum atomic E-state index is 0.224. The van der Waals surface area contributed by atoms with Gasteiger partial charge in [-0.1, -0.05) is 0 Å². The summed E-state index contributed by atoms with van der Waals surface area (Å²) >= 11 is 0. The number of aryl methyl sites for hydroxylation is 1. The van der Waals surface area contributed by atoms with Crippen LogP contribution in [-0.2, 0) is 11.3 Å². The molecule has 0 bridgehead atoms. The van der Waals surface area contributed by atoms with Gasteiger partial charge in [-0.25, -0.2) is 4.98 Å². The van der Waals surface area contributed by atoms with Gasteiger partial charge in [0.2, 0.25) is 5.89 Å². The van der Waals surface area contributed by atoms with E-state index >= 15 is 0 Å². The van der Waals surface area contributed by atoms with E-state index in [0.717, 1.165) is 5.69 Å². The average Bonchev–Trinajstić information content (AvgIpc) is 2.31. The lowest BCUT2D eigenvalue weighted by Gasteiger charge is -2.02. The van der Waals surface area contributed by atoms with Crippen LogP contribution in [0, 0.1) is 6.92 Å². The maximum absolute atomic E-state index is 5.28. The van der Waals surface area contributed by atoms with E-state index in [-0.39, 0.29) is 6.10 Å². The number of hydrogen-bond acceptors (Lipinski definition) is 3. The zero-order chi connectivity index (χ0) is 8.27. The summed E-state index contributed by atoms with van der Waals surface area (Å²) in [4.78, 5) is 4.09. The Kier molecular flexibility index (Phi) is 2.65. The Morgan fingerprint density at radius 1 is 1.64 bits per heavy atom. The first-order valence-corrected chi connectivity index (χ1v) is 3.71. The zero-order valence-corrected chi connectivity index (χ0v) is 7.13. The van der Waals surface area contributed by atoms with Crippen LogP contribution in [0.3, 0.4) is 0 Å². The summed E-state index contributed by atoms with van der Waals surface area (Å²) in [5.74, 6) is 0.649. The van der Waals surface area contributed by atoms with E-state index < -0.39 is 0 Å². The number of rotatable bonds is 3. The predicted octanol–water partition coefficient (Wildman–Crippen LogP) is 1.91. The maximum Gasteiger partial charge on any atom is 0.220 e. The molecule has 1 rings (SSSR count). The second kappa shape index (κ2) is 3.53. The molecule has 1 aromatic rings. The van der Waals surface area contributed by atoms with Crippen molar-refractivity contribution in [1.82, 2.24) is 4.98 Å². The smallest absolute Gasteiger partial charge is 0.220 e. The molecule has 0 aliphatic rings. The normalized spacial score (nSPS) is 10.9. The lowest BCUT2D eigenvalue weighted by molar-refractivity contribution is 0.0517. The number of oxazole rings is 1. The van der Waals surface area contributed by atoms with Gasteiger partial charge in [-0.15, -0.1) is 0 Å². The minimum Gasteiger partial charge on any atom is -0.446 e. The van der Waals surface area contributed by atoms with E-state index in [1.165, 1.54) is 0 Å². The molecule has 0 fully saturated rings. The monoisotopic (exact) mass is 155 g/mol. The SMILES string of the molecule is Cc1coc(COC(C)C)n1. The molecule has 0 radical (unpaired) electrons. The molecule has 0 aromatic carbocycles. The van der Waals surface area contributed by atoms with E-state index in [1.54, 1.807) is 6.26 Å². The van der Waals surface area contributed by atoms with Crippen LogP contribution in [0.1, 0.15) is 25.4 Å². The minimum absolute atomic E-state index is 0.224. The Balaban J connectivity index is 2.39. The second-order valence-electron chi connectivity index (χ2n) is 2.74. The van der Waals surface area contributed by atoms with Crippen molar-refractivity contribution in [2.75, 3.05) is 0 Å². The van der Waals surface area contributed by atoms with Crippen molar-refractivity contribution in [3.8, 4) is 0 Å². The van der Waals surface area contributed by atoms with E-state index in [4.69, 9.17) is 9.15 Å². The van der Waals surface area contributed by atoms with Crippen LogP contribution in [-0.4, -0.2) is 11.1 Å². The van der Waals surface area contributed by atoms with Crippen LogP contribution in [0.2, 0.25) is 0 Å². The first-order valence-electron chi connectivity index (χ1n) is 3.71. The second-order valence-corrected chi connectivity index (χ2v) is 2.74. The first kappa shape index (κ1) is 8.27. The number of ether oxygens (including phenoxy) is 1. The van der Waals surface area contributed by atoms with Gasteiger partial charge < -0.3 is 9.15 Å². The third-order valence-corrected chi connectivity index (χ3v) is 1.21. The van der Waals surface area contributed by atoms with Crippen molar-refractivity contribution in [2.45, 2.75) is 33.5 Å². The van der Waals surface area contributed by atoms with Crippen LogP contribution < -0.4 is 0 Å². The Labute approximate surface area is 66.4 Å². The van der Waals surface area contributed by atoms with Crippen molar-refractivity contribution >= 4 is 0 Å². The summed E-state index contributed by atoms with van der Waals surface area (Å²) in [5, 5.41) is 0. The van der Waals surface area contributed by atoms with Gasteiger partial charge in [-0.05, 0) is 20.8 Å². The van der Waals surface area contributed by atoms with Crippen molar-refractivity contribution in [3.63, 3.8) is 0 Å². The molecule has 3 heteroatoms. The van der Waals surface area contributed by atoms with Crippen LogP contribution >= 0.6 is 0 Å². The van der Waals surface area contributed by atoms with Crippen LogP contribution in [0.5, 0.6) is 0 Å². The topological polar surface area (TPSA) is 35.3 Å². The highest BCUT2D eigenvalue weighted by Crippen LogP contribution is 2.03. The fraction of sp³-hybridized carbons (Fsp3) is 0.625. The van der Waals surface area contributed by atoms with Crippen molar-refractivity contribution in [2.24, 2.45) is 0 Å². The van der Waals surface area contributed by atoms with Gasteiger partial charge in [0.05, 0.1) is 11.8 Å². The highest BCUT2D eigenvalue weighted by molar-refractivity contribution is 4.91. The van der Waals surface area contributed by atoms with Gasteiger partial charge >= 0.3 is 0 Å². The molecule has 0 aliphatic heterocycles. The lowest BCUT2D eigenvalue weighted by Crippen LogP contribution is -2.02. The van der Waals surface area contributed by atoms with Crippen LogP contribution in [0.15, 0.2) is 10.7 Å². The van der Waals surface area contributed by atoms with E-state index in [9.17, 15) is 0 Å². The molecule has 1 heterocycles. The number of hydrogen-bond donors (Lipinski definition) is 0. The molecule has 0 saturated heterocycles. The quantitative estimate of drug-likeness (QED) is 0.668. The lowest BCUT2D eigenvalue weighted by atomic mass is 10.5. The van der Waals surface area contributed by atoms with Crippen molar-refractivity contribution in [1.29, 1.82) is 0 Å². The Bertz CT molecular complexity index is 218. The summed E-state index contributed by atoms with van der Waals surface area (Å²) in [6.07, 6.45) is 1.85. The summed E-state index contributed by atoms with van der Waals surface area (Å²) in [6, 6.07) is 0. The largest absolute Gasteiger partial charge is 0.446 e. The highest BCUT2D eigenvalue weighted by Gasteiger charge is 2.01. The van der Waals surface area contributed by atoms with Gasteiger partial charge in [-0.3, -0.25) is 0 Å². The zero-order valence-electron chi connectivity index (χ0n) is 7.13. The third kappa shape index (κ3) is 2.72. The van der Waals surface area contributed by atoms with E-state index in [2.05, 4.69) is 4.98 Å². The fourth-order valence-electron chi connectivity index (χ4n) is 0.707. The molecule has 3 nitrogen and oxygen atoms in total. The van der Waals surface area contributed by atoms with E-state index in [0.29, 0.717) is 12.5 Å². The predicted molar refractivity (Wildman–Crippen MR) is 41.2 cm³/mol. The van der Waals surface area contributed by atoms with Crippen LogP contribution in [0.25, 0.3) is 0 Å². The summed E-state index contributed by atoms with van der Waals surface area (Å²) in [5.41, 5.74) is 0.896. The maximum atomic E-state index is 5.28. The first-order chi connectivity index (χ1) is 5.18. The molecule has 11 heavy (non-hydrogen) atoms. The Morgan fingerprint density at radius 2 is 2.36 bits per heavy atom. The Morgan fingerprint density at radius 3 is 2.82 bits per heavy atom. The molecule has 0 atom stereocenters. The molecular weight excluding hydrogens is 142 g/mol. The molecule has 0 spiro atoms. The molecular formula is C8H13NO2. The average molecular weight is 155 g/mol. The van der Waals surface area contributed by atoms with Gasteiger partial charge in [-0.2, -0.15) is 0 Å². The summed E-state index contributed by atoms with van der Waals surface area (Å²) in [7, 11) is 0. The fourth-order valence-corrected chi connectivity index (χ4v) is 0.707. The van der Waals surface area contributed by atoms with E-state index in [1.807, 2.05) is 20.8 Å². The molecule has 0 amide bonds. The Hall–Kier alpha value is -0.830. The van der Waals surface area contributed by atoms with Gasteiger partial charge in [0.15, 0.2) is 0 Å². The van der Waals surface area contributed by atoms with Gasteiger partial charge in [0.1, 0.15) is 12.9 Å². The molecule has 0 saturated carbocycles. The molecule has 0 N–H and O–H groups in total. The third-order valence-electron chi connectivity index (χ3n) is 1.21. The molecule has 62 valence electrons. The summed E-state index contributed by atoms with van der Waals surface area (Å²) < 4.78 is 10.4. The molecule has 0 aliphatic carbocycles. The van der Waals surface area contributed by atoms with Crippen LogP contribution in [0.4, 0.5) is 0 Å². The molecule has 0 unspecified atom stereocenters. The molecule has 1 aromatic heterocycles.